The Hall–Kier alpha value is -3.73. The van der Waals surface area contributed by atoms with Crippen molar-refractivity contribution >= 4 is 11.0 Å². The number of aryl methyl sites for hydroxylation is 1. The number of ether oxygens (including phenoxy) is 3. The maximum atomic E-state index is 13.4. The van der Waals surface area contributed by atoms with Crippen LogP contribution in [-0.4, -0.2) is 13.2 Å². The second kappa shape index (κ2) is 9.41. The molecule has 1 aliphatic rings. The van der Waals surface area contributed by atoms with Gasteiger partial charge in [-0.1, -0.05) is 49.7 Å². The van der Waals surface area contributed by atoms with Crippen LogP contribution in [0.3, 0.4) is 0 Å². The summed E-state index contributed by atoms with van der Waals surface area (Å²) in [7, 11) is 0. The van der Waals surface area contributed by atoms with Crippen molar-refractivity contribution in [2.45, 2.75) is 32.8 Å². The van der Waals surface area contributed by atoms with Crippen molar-refractivity contribution in [1.82, 2.24) is 0 Å². The van der Waals surface area contributed by atoms with Crippen LogP contribution in [-0.2, 0) is 13.0 Å². The zero-order valence-corrected chi connectivity index (χ0v) is 18.6. The number of fused-ring (bicyclic) bond motifs is 2. The summed E-state index contributed by atoms with van der Waals surface area (Å²) in [6, 6.07) is 19.3. The Balaban J connectivity index is 1.52. The predicted octanol–water partition coefficient (Wildman–Crippen LogP) is 6.15. The Kier molecular flexibility index (Phi) is 6.03. The molecule has 0 N–H and O–H groups in total. The first-order valence-corrected chi connectivity index (χ1v) is 11.4. The molecule has 1 aromatic heterocycles. The van der Waals surface area contributed by atoms with Crippen LogP contribution in [0.4, 0.5) is 0 Å². The lowest BCUT2D eigenvalue weighted by atomic mass is 10.0. The van der Waals surface area contributed by atoms with E-state index in [1.807, 2.05) is 60.7 Å². The van der Waals surface area contributed by atoms with Crippen LogP contribution >= 0.6 is 0 Å². The van der Waals surface area contributed by atoms with Crippen molar-refractivity contribution in [3.05, 3.63) is 88.3 Å². The molecule has 5 nitrogen and oxygen atoms in total. The minimum Gasteiger partial charge on any atom is -0.490 e. The van der Waals surface area contributed by atoms with Gasteiger partial charge >= 0.3 is 0 Å². The standard InChI is InChI=1S/C28H26O5/c1-2-7-21-14-22-26(16-25(21)32-17-19-8-4-3-5-9-19)33-18-23(28(22)29)20-10-11-24-27(15-20)31-13-6-12-30-24/h3-5,8-11,14-16,18H,2,6-7,12-13,17H2,1H3. The molecular formula is C28H26O5. The van der Waals surface area contributed by atoms with Crippen molar-refractivity contribution in [1.29, 1.82) is 0 Å². The number of hydrogen-bond donors (Lipinski definition) is 0. The van der Waals surface area contributed by atoms with Crippen LogP contribution < -0.4 is 19.6 Å². The molecule has 0 unspecified atom stereocenters. The van der Waals surface area contributed by atoms with Crippen LogP contribution in [0.1, 0.15) is 30.9 Å². The highest BCUT2D eigenvalue weighted by Gasteiger charge is 2.16. The molecule has 0 aliphatic carbocycles. The smallest absolute Gasteiger partial charge is 0.200 e. The average Bonchev–Trinajstić information content (AvgIpc) is 3.09. The molecule has 0 amide bonds. The first-order valence-electron chi connectivity index (χ1n) is 11.4. The highest BCUT2D eigenvalue weighted by Crippen LogP contribution is 2.34. The molecule has 4 aromatic rings. The zero-order chi connectivity index (χ0) is 22.6. The summed E-state index contributed by atoms with van der Waals surface area (Å²) in [6.45, 7) is 3.79. The van der Waals surface area contributed by atoms with Gasteiger partial charge in [0.2, 0.25) is 5.43 Å². The summed E-state index contributed by atoms with van der Waals surface area (Å²) in [5.74, 6) is 2.10. The van der Waals surface area contributed by atoms with Crippen LogP contribution in [0.25, 0.3) is 22.1 Å². The third-order valence-electron chi connectivity index (χ3n) is 5.77. The van der Waals surface area contributed by atoms with E-state index in [9.17, 15) is 4.79 Å². The van der Waals surface area contributed by atoms with Gasteiger partial charge in [-0.05, 0) is 41.3 Å². The first-order chi connectivity index (χ1) is 16.2. The Morgan fingerprint density at radius 1 is 0.939 bits per heavy atom. The fraction of sp³-hybridized carbons (Fsp3) is 0.250. The molecule has 5 heteroatoms. The first kappa shape index (κ1) is 21.1. The van der Waals surface area contributed by atoms with Gasteiger partial charge in [-0.15, -0.1) is 0 Å². The molecule has 3 aromatic carbocycles. The lowest BCUT2D eigenvalue weighted by Crippen LogP contribution is -2.07. The van der Waals surface area contributed by atoms with Gasteiger partial charge < -0.3 is 18.6 Å². The minimum atomic E-state index is -0.0716. The van der Waals surface area contributed by atoms with E-state index in [0.29, 0.717) is 47.9 Å². The second-order valence-corrected chi connectivity index (χ2v) is 8.17. The molecule has 0 atom stereocenters. The minimum absolute atomic E-state index is 0.0716. The van der Waals surface area contributed by atoms with E-state index in [2.05, 4.69) is 6.92 Å². The quantitative estimate of drug-likeness (QED) is 0.358. The van der Waals surface area contributed by atoms with Crippen molar-refractivity contribution in [2.24, 2.45) is 0 Å². The fourth-order valence-corrected chi connectivity index (χ4v) is 4.07. The van der Waals surface area contributed by atoms with Gasteiger partial charge in [-0.2, -0.15) is 0 Å². The zero-order valence-electron chi connectivity index (χ0n) is 18.6. The molecule has 0 saturated heterocycles. The molecule has 0 radical (unpaired) electrons. The summed E-state index contributed by atoms with van der Waals surface area (Å²) in [5, 5.41) is 0.551. The fourth-order valence-electron chi connectivity index (χ4n) is 4.07. The van der Waals surface area contributed by atoms with E-state index >= 15 is 0 Å². The van der Waals surface area contributed by atoms with E-state index in [1.165, 1.54) is 6.26 Å². The van der Waals surface area contributed by atoms with Crippen LogP contribution in [0.2, 0.25) is 0 Å². The summed E-state index contributed by atoms with van der Waals surface area (Å²) < 4.78 is 23.5. The van der Waals surface area contributed by atoms with Gasteiger partial charge in [0.15, 0.2) is 11.5 Å². The maximum Gasteiger partial charge on any atom is 0.200 e. The largest absolute Gasteiger partial charge is 0.490 e. The number of rotatable bonds is 6. The normalized spacial score (nSPS) is 13.0. The van der Waals surface area contributed by atoms with Gasteiger partial charge in [0.25, 0.3) is 0 Å². The molecular weight excluding hydrogens is 416 g/mol. The Morgan fingerprint density at radius 3 is 2.58 bits per heavy atom. The molecule has 2 heterocycles. The number of benzene rings is 3. The van der Waals surface area contributed by atoms with E-state index in [-0.39, 0.29) is 5.43 Å². The van der Waals surface area contributed by atoms with E-state index in [0.717, 1.165) is 41.7 Å². The van der Waals surface area contributed by atoms with Crippen LogP contribution in [0.15, 0.2) is 76.1 Å². The molecule has 0 fully saturated rings. The summed E-state index contributed by atoms with van der Waals surface area (Å²) >= 11 is 0. The van der Waals surface area contributed by atoms with Crippen molar-refractivity contribution in [3.63, 3.8) is 0 Å². The Morgan fingerprint density at radius 2 is 1.76 bits per heavy atom. The summed E-state index contributed by atoms with van der Waals surface area (Å²) in [6.07, 6.45) is 4.11. The Labute approximate surface area is 192 Å². The SMILES string of the molecule is CCCc1cc2c(=O)c(-c3ccc4c(c3)OCCCO4)coc2cc1OCc1ccccc1. The van der Waals surface area contributed by atoms with Crippen LogP contribution in [0, 0.1) is 0 Å². The molecule has 168 valence electrons. The summed E-state index contributed by atoms with van der Waals surface area (Å²) in [5.41, 5.74) is 3.78. The molecule has 5 rings (SSSR count). The van der Waals surface area contributed by atoms with Crippen molar-refractivity contribution in [3.8, 4) is 28.4 Å². The predicted molar refractivity (Wildman–Crippen MR) is 128 cm³/mol. The van der Waals surface area contributed by atoms with Gasteiger partial charge in [-0.3, -0.25) is 4.79 Å². The highest BCUT2D eigenvalue weighted by atomic mass is 16.5. The third-order valence-corrected chi connectivity index (χ3v) is 5.77. The topological polar surface area (TPSA) is 57.9 Å². The molecule has 0 spiro atoms. The van der Waals surface area contributed by atoms with E-state index in [1.54, 1.807) is 0 Å². The number of hydrogen-bond acceptors (Lipinski definition) is 5. The van der Waals surface area contributed by atoms with Crippen LogP contribution in [0.5, 0.6) is 17.2 Å². The van der Waals surface area contributed by atoms with Gasteiger partial charge in [0.1, 0.15) is 24.2 Å². The molecule has 33 heavy (non-hydrogen) atoms. The van der Waals surface area contributed by atoms with Crippen molar-refractivity contribution < 1.29 is 18.6 Å². The second-order valence-electron chi connectivity index (χ2n) is 8.17. The van der Waals surface area contributed by atoms with E-state index in [4.69, 9.17) is 18.6 Å². The molecule has 0 saturated carbocycles. The van der Waals surface area contributed by atoms with Gasteiger partial charge in [0, 0.05) is 12.5 Å². The third kappa shape index (κ3) is 4.44. The van der Waals surface area contributed by atoms with Gasteiger partial charge in [-0.25, -0.2) is 0 Å². The lowest BCUT2D eigenvalue weighted by molar-refractivity contribution is 0.297. The molecule has 0 bridgehead atoms. The monoisotopic (exact) mass is 442 g/mol. The average molecular weight is 443 g/mol. The van der Waals surface area contributed by atoms with E-state index < -0.39 is 0 Å². The lowest BCUT2D eigenvalue weighted by Gasteiger charge is -2.13. The summed E-state index contributed by atoms with van der Waals surface area (Å²) in [4.78, 5) is 13.4. The Bertz CT molecular complexity index is 1320. The van der Waals surface area contributed by atoms with Gasteiger partial charge in [0.05, 0.1) is 24.2 Å². The highest BCUT2D eigenvalue weighted by molar-refractivity contribution is 5.84. The van der Waals surface area contributed by atoms with Crippen molar-refractivity contribution in [2.75, 3.05) is 13.2 Å². The maximum absolute atomic E-state index is 13.4. The molecule has 1 aliphatic heterocycles.